The maximum atomic E-state index is 4.67. The molecule has 6 nitrogen and oxygen atoms in total. The van der Waals surface area contributed by atoms with Crippen LogP contribution in [0.5, 0.6) is 0 Å². The third-order valence-electron chi connectivity index (χ3n) is 5.30. The van der Waals surface area contributed by atoms with Crippen LogP contribution >= 0.6 is 0 Å². The highest BCUT2D eigenvalue weighted by Crippen LogP contribution is 2.21. The molecule has 2 aliphatic rings. The summed E-state index contributed by atoms with van der Waals surface area (Å²) in [7, 11) is 0. The van der Waals surface area contributed by atoms with Crippen molar-refractivity contribution in [3.8, 4) is 0 Å². The number of hydrogen-bond donors (Lipinski definition) is 1. The van der Waals surface area contributed by atoms with Crippen molar-refractivity contribution in [2.24, 2.45) is 0 Å². The SMILES string of the molecule is CC(C)n1ncc2cc(CN3CCC(N4CCNCC4)C3)cnc21. The fourth-order valence-corrected chi connectivity index (χ4v) is 4.01. The number of pyridine rings is 1. The van der Waals surface area contributed by atoms with Crippen LogP contribution < -0.4 is 5.32 Å². The first kappa shape index (κ1) is 16.0. The van der Waals surface area contributed by atoms with Gasteiger partial charge in [0.25, 0.3) is 0 Å². The van der Waals surface area contributed by atoms with Crippen molar-refractivity contribution in [1.82, 2.24) is 29.9 Å². The normalized spacial score (nSPS) is 23.5. The molecule has 1 N–H and O–H groups in total. The lowest BCUT2D eigenvalue weighted by Gasteiger charge is -2.32. The van der Waals surface area contributed by atoms with Crippen LogP contribution in [-0.4, -0.2) is 69.9 Å². The number of fused-ring (bicyclic) bond motifs is 1. The van der Waals surface area contributed by atoms with Crippen LogP contribution in [0.4, 0.5) is 0 Å². The van der Waals surface area contributed by atoms with E-state index in [0.717, 1.165) is 36.7 Å². The van der Waals surface area contributed by atoms with Crippen molar-refractivity contribution in [2.75, 3.05) is 39.3 Å². The summed E-state index contributed by atoms with van der Waals surface area (Å²) >= 11 is 0. The van der Waals surface area contributed by atoms with Gasteiger partial charge in [0, 0.05) is 69.5 Å². The number of nitrogens with zero attached hydrogens (tertiary/aromatic N) is 5. The first-order valence-electron chi connectivity index (χ1n) is 9.20. The molecule has 0 amide bonds. The van der Waals surface area contributed by atoms with E-state index in [-0.39, 0.29) is 0 Å². The topological polar surface area (TPSA) is 49.2 Å². The molecule has 4 heterocycles. The number of hydrogen-bond acceptors (Lipinski definition) is 5. The van der Waals surface area contributed by atoms with Gasteiger partial charge in [0.1, 0.15) is 0 Å². The van der Waals surface area contributed by atoms with Crippen molar-refractivity contribution in [3.63, 3.8) is 0 Å². The zero-order valence-corrected chi connectivity index (χ0v) is 14.8. The van der Waals surface area contributed by atoms with Crippen molar-refractivity contribution in [1.29, 1.82) is 0 Å². The molecule has 0 aliphatic carbocycles. The van der Waals surface area contributed by atoms with E-state index in [1.807, 2.05) is 17.1 Å². The average molecular weight is 328 g/mol. The minimum absolute atomic E-state index is 0.347. The number of rotatable bonds is 4. The standard InChI is InChI=1S/C18H28N6/c1-14(2)24-18-16(11-21-24)9-15(10-20-18)12-22-6-3-17(13-22)23-7-4-19-5-8-23/h9-11,14,17,19H,3-8,12-13H2,1-2H3. The van der Waals surface area contributed by atoms with Crippen LogP contribution in [0.3, 0.4) is 0 Å². The molecular weight excluding hydrogens is 300 g/mol. The second-order valence-electron chi connectivity index (χ2n) is 7.40. The summed E-state index contributed by atoms with van der Waals surface area (Å²) in [4.78, 5) is 9.90. The molecule has 0 spiro atoms. The van der Waals surface area contributed by atoms with E-state index in [4.69, 9.17) is 0 Å². The summed E-state index contributed by atoms with van der Waals surface area (Å²) in [5.41, 5.74) is 2.29. The summed E-state index contributed by atoms with van der Waals surface area (Å²) in [6.45, 7) is 12.3. The minimum atomic E-state index is 0.347. The maximum absolute atomic E-state index is 4.67. The van der Waals surface area contributed by atoms with Crippen LogP contribution in [-0.2, 0) is 6.54 Å². The second-order valence-corrected chi connectivity index (χ2v) is 7.40. The number of likely N-dealkylation sites (tertiary alicyclic amines) is 1. The highest BCUT2D eigenvalue weighted by Gasteiger charge is 2.28. The van der Waals surface area contributed by atoms with Gasteiger partial charge >= 0.3 is 0 Å². The Labute approximate surface area is 143 Å². The monoisotopic (exact) mass is 328 g/mol. The van der Waals surface area contributed by atoms with Crippen molar-refractivity contribution < 1.29 is 0 Å². The Bertz CT molecular complexity index is 688. The van der Waals surface area contributed by atoms with E-state index in [1.165, 1.54) is 38.2 Å². The molecule has 1 unspecified atom stereocenters. The Morgan fingerprint density at radius 1 is 1.21 bits per heavy atom. The van der Waals surface area contributed by atoms with Crippen molar-refractivity contribution in [2.45, 2.75) is 38.9 Å². The van der Waals surface area contributed by atoms with Gasteiger partial charge in [-0.2, -0.15) is 5.10 Å². The lowest BCUT2D eigenvalue weighted by Crippen LogP contribution is -2.49. The highest BCUT2D eigenvalue weighted by atomic mass is 15.3. The molecule has 2 aromatic heterocycles. The third-order valence-corrected chi connectivity index (χ3v) is 5.30. The van der Waals surface area contributed by atoms with Crippen LogP contribution in [0.25, 0.3) is 11.0 Å². The van der Waals surface area contributed by atoms with Gasteiger partial charge in [-0.1, -0.05) is 0 Å². The Kier molecular flexibility index (Phi) is 4.52. The molecule has 0 radical (unpaired) electrons. The number of nitrogens with one attached hydrogen (secondary N) is 1. The Balaban J connectivity index is 1.41. The predicted molar refractivity (Wildman–Crippen MR) is 96.0 cm³/mol. The van der Waals surface area contributed by atoms with Gasteiger partial charge in [0.15, 0.2) is 5.65 Å². The predicted octanol–water partition coefficient (Wildman–Crippen LogP) is 1.49. The first-order valence-corrected chi connectivity index (χ1v) is 9.20. The van der Waals surface area contributed by atoms with E-state index in [2.05, 4.69) is 45.1 Å². The van der Waals surface area contributed by atoms with E-state index < -0.39 is 0 Å². The second kappa shape index (κ2) is 6.78. The zero-order valence-electron chi connectivity index (χ0n) is 14.8. The Hall–Kier alpha value is -1.50. The minimum Gasteiger partial charge on any atom is -0.314 e. The summed E-state index contributed by atoms with van der Waals surface area (Å²) in [5.74, 6) is 0. The fraction of sp³-hybridized carbons (Fsp3) is 0.667. The van der Waals surface area contributed by atoms with Crippen LogP contribution in [0.2, 0.25) is 0 Å². The van der Waals surface area contributed by atoms with Gasteiger partial charge in [-0.15, -0.1) is 0 Å². The van der Waals surface area contributed by atoms with E-state index in [9.17, 15) is 0 Å². The molecule has 130 valence electrons. The molecule has 0 aromatic carbocycles. The van der Waals surface area contributed by atoms with Gasteiger partial charge in [-0.3, -0.25) is 9.80 Å². The molecule has 4 rings (SSSR count). The summed E-state index contributed by atoms with van der Waals surface area (Å²) in [6.07, 6.45) is 5.27. The molecule has 6 heteroatoms. The Morgan fingerprint density at radius 3 is 2.83 bits per heavy atom. The van der Waals surface area contributed by atoms with Crippen molar-refractivity contribution >= 4 is 11.0 Å². The molecule has 0 saturated carbocycles. The van der Waals surface area contributed by atoms with E-state index >= 15 is 0 Å². The molecule has 2 aromatic rings. The van der Waals surface area contributed by atoms with Gasteiger partial charge in [-0.05, 0) is 31.9 Å². The fourth-order valence-electron chi connectivity index (χ4n) is 4.01. The molecule has 1 atom stereocenters. The first-order chi connectivity index (χ1) is 11.7. The largest absolute Gasteiger partial charge is 0.314 e. The quantitative estimate of drug-likeness (QED) is 0.921. The lowest BCUT2D eigenvalue weighted by molar-refractivity contribution is 0.170. The van der Waals surface area contributed by atoms with Crippen LogP contribution in [0, 0.1) is 0 Å². The van der Waals surface area contributed by atoms with Crippen LogP contribution in [0.15, 0.2) is 18.5 Å². The van der Waals surface area contributed by atoms with Gasteiger partial charge in [-0.25, -0.2) is 9.67 Å². The number of piperazine rings is 1. The van der Waals surface area contributed by atoms with E-state index in [1.54, 1.807) is 0 Å². The smallest absolute Gasteiger partial charge is 0.157 e. The third kappa shape index (κ3) is 3.18. The van der Waals surface area contributed by atoms with Crippen LogP contribution in [0.1, 0.15) is 31.9 Å². The van der Waals surface area contributed by atoms with Gasteiger partial charge in [0.05, 0.1) is 6.20 Å². The van der Waals surface area contributed by atoms with E-state index in [0.29, 0.717) is 6.04 Å². The van der Waals surface area contributed by atoms with Crippen molar-refractivity contribution in [3.05, 3.63) is 24.0 Å². The zero-order chi connectivity index (χ0) is 16.5. The molecule has 2 saturated heterocycles. The molecule has 24 heavy (non-hydrogen) atoms. The molecule has 0 bridgehead atoms. The average Bonchev–Trinajstić information content (AvgIpc) is 3.22. The lowest BCUT2D eigenvalue weighted by atomic mass is 10.2. The molecule has 2 aliphatic heterocycles. The molecular formula is C18H28N6. The van der Waals surface area contributed by atoms with Gasteiger partial charge < -0.3 is 5.32 Å². The summed E-state index contributed by atoms with van der Waals surface area (Å²) in [6, 6.07) is 3.33. The van der Waals surface area contributed by atoms with Gasteiger partial charge in [0.2, 0.25) is 0 Å². The summed E-state index contributed by atoms with van der Waals surface area (Å²) < 4.78 is 2.00. The molecule has 2 fully saturated rings. The highest BCUT2D eigenvalue weighted by molar-refractivity contribution is 5.75. The maximum Gasteiger partial charge on any atom is 0.157 e. The summed E-state index contributed by atoms with van der Waals surface area (Å²) in [5, 5.41) is 9.07. The number of aromatic nitrogens is 3. The Morgan fingerprint density at radius 2 is 2.04 bits per heavy atom.